The van der Waals surface area contributed by atoms with Crippen molar-refractivity contribution in [2.24, 2.45) is 0 Å². The molecular weight excluding hydrogens is 334 g/mol. The lowest BCUT2D eigenvalue weighted by Crippen LogP contribution is -2.30. The lowest BCUT2D eigenvalue weighted by atomic mass is 10.1. The van der Waals surface area contributed by atoms with Gasteiger partial charge in [0.25, 0.3) is 5.91 Å². The van der Waals surface area contributed by atoms with E-state index in [-0.39, 0.29) is 18.1 Å². The van der Waals surface area contributed by atoms with Crippen LogP contribution in [-0.2, 0) is 4.74 Å². The van der Waals surface area contributed by atoms with E-state index >= 15 is 0 Å². The number of carbonyl (C=O) groups is 1. The minimum absolute atomic E-state index is 0.0938. The van der Waals surface area contributed by atoms with Crippen LogP contribution in [0.5, 0.6) is 5.75 Å². The van der Waals surface area contributed by atoms with Gasteiger partial charge in [-0.3, -0.25) is 4.79 Å². The average Bonchev–Trinajstić information content (AvgIpc) is 3.41. The standard InChI is InChI=1S/C20H23NO3S/c22-20(21-9-2-7-19(21)16-8-11-25-14-16)15-4-1-5-17(12-15)24-13-18-6-3-10-23-18/h1,4-5,8,11-12,14,18-19H,2-3,6-7,9-10,13H2/t18-,19+/m0/s1. The third kappa shape index (κ3) is 3.72. The Balaban J connectivity index is 1.45. The summed E-state index contributed by atoms with van der Waals surface area (Å²) >= 11 is 1.69. The first kappa shape index (κ1) is 16.6. The van der Waals surface area contributed by atoms with Crippen LogP contribution in [0.15, 0.2) is 41.1 Å². The molecule has 0 N–H and O–H groups in total. The number of thiophene rings is 1. The monoisotopic (exact) mass is 357 g/mol. The van der Waals surface area contributed by atoms with Crippen molar-refractivity contribution in [3.8, 4) is 5.75 Å². The van der Waals surface area contributed by atoms with Gasteiger partial charge in [-0.2, -0.15) is 11.3 Å². The molecule has 2 aliphatic rings. The lowest BCUT2D eigenvalue weighted by Gasteiger charge is -2.24. The zero-order valence-corrected chi connectivity index (χ0v) is 15.0. The molecule has 5 heteroatoms. The Morgan fingerprint density at radius 3 is 3.04 bits per heavy atom. The van der Waals surface area contributed by atoms with Gasteiger partial charge in [-0.15, -0.1) is 0 Å². The summed E-state index contributed by atoms with van der Waals surface area (Å²) < 4.78 is 11.4. The van der Waals surface area contributed by atoms with E-state index in [0.717, 1.165) is 44.6 Å². The third-order valence-electron chi connectivity index (χ3n) is 4.98. The number of amides is 1. The minimum atomic E-state index is 0.0938. The van der Waals surface area contributed by atoms with Gasteiger partial charge in [0.15, 0.2) is 0 Å². The zero-order valence-electron chi connectivity index (χ0n) is 14.2. The molecule has 4 rings (SSSR count). The maximum absolute atomic E-state index is 13.0. The van der Waals surface area contributed by atoms with Crippen molar-refractivity contribution in [1.82, 2.24) is 4.90 Å². The first-order valence-electron chi connectivity index (χ1n) is 8.99. The molecule has 2 atom stereocenters. The molecule has 0 bridgehead atoms. The quantitative estimate of drug-likeness (QED) is 0.801. The molecule has 1 aromatic heterocycles. The summed E-state index contributed by atoms with van der Waals surface area (Å²) in [6.07, 6.45) is 4.43. The van der Waals surface area contributed by atoms with Crippen molar-refractivity contribution in [3.63, 3.8) is 0 Å². The Bertz CT molecular complexity index is 709. The summed E-state index contributed by atoms with van der Waals surface area (Å²) in [6.45, 7) is 2.20. The Morgan fingerprint density at radius 1 is 1.28 bits per heavy atom. The van der Waals surface area contributed by atoms with Crippen molar-refractivity contribution in [1.29, 1.82) is 0 Å². The second-order valence-corrected chi connectivity index (χ2v) is 7.47. The van der Waals surface area contributed by atoms with Crippen LogP contribution in [0.3, 0.4) is 0 Å². The molecule has 3 heterocycles. The number of hydrogen-bond donors (Lipinski definition) is 0. The SMILES string of the molecule is O=C(c1cccc(OC[C@@H]2CCCO2)c1)N1CCC[C@@H]1c1ccsc1. The van der Waals surface area contributed by atoms with Crippen molar-refractivity contribution in [3.05, 3.63) is 52.2 Å². The molecule has 2 aromatic rings. The van der Waals surface area contributed by atoms with Gasteiger partial charge < -0.3 is 14.4 Å². The van der Waals surface area contributed by atoms with Crippen molar-refractivity contribution in [2.75, 3.05) is 19.8 Å². The van der Waals surface area contributed by atoms with Gasteiger partial charge in [-0.05, 0) is 66.3 Å². The fourth-order valence-corrected chi connectivity index (χ4v) is 4.38. The highest BCUT2D eigenvalue weighted by Crippen LogP contribution is 2.34. The van der Waals surface area contributed by atoms with Gasteiger partial charge in [0.1, 0.15) is 12.4 Å². The van der Waals surface area contributed by atoms with Gasteiger partial charge in [0, 0.05) is 18.7 Å². The molecule has 0 spiro atoms. The number of benzene rings is 1. The first-order chi connectivity index (χ1) is 12.3. The molecule has 1 amide bonds. The normalized spacial score (nSPS) is 23.1. The number of carbonyl (C=O) groups excluding carboxylic acids is 1. The number of hydrogen-bond acceptors (Lipinski definition) is 4. The summed E-state index contributed by atoms with van der Waals surface area (Å²) in [5, 5.41) is 4.23. The molecule has 2 aliphatic heterocycles. The van der Waals surface area contributed by atoms with Crippen LogP contribution in [0.25, 0.3) is 0 Å². The fraction of sp³-hybridized carbons (Fsp3) is 0.450. The van der Waals surface area contributed by atoms with E-state index in [4.69, 9.17) is 9.47 Å². The first-order valence-corrected chi connectivity index (χ1v) is 9.93. The average molecular weight is 357 g/mol. The van der Waals surface area contributed by atoms with Crippen LogP contribution in [-0.4, -0.2) is 36.7 Å². The largest absolute Gasteiger partial charge is 0.491 e. The Labute approximate surface area is 152 Å². The third-order valence-corrected chi connectivity index (χ3v) is 5.68. The molecule has 2 saturated heterocycles. The molecule has 0 unspecified atom stereocenters. The van der Waals surface area contributed by atoms with Crippen LogP contribution in [0.1, 0.15) is 47.6 Å². The molecule has 25 heavy (non-hydrogen) atoms. The van der Waals surface area contributed by atoms with Crippen molar-refractivity contribution in [2.45, 2.75) is 37.8 Å². The summed E-state index contributed by atoms with van der Waals surface area (Å²) in [6, 6.07) is 9.88. The van der Waals surface area contributed by atoms with E-state index in [1.165, 1.54) is 5.56 Å². The van der Waals surface area contributed by atoms with E-state index in [9.17, 15) is 4.79 Å². The molecule has 4 nitrogen and oxygen atoms in total. The summed E-state index contributed by atoms with van der Waals surface area (Å²) in [5.41, 5.74) is 1.95. The van der Waals surface area contributed by atoms with Crippen LogP contribution in [0, 0.1) is 0 Å². The van der Waals surface area contributed by atoms with E-state index in [1.54, 1.807) is 11.3 Å². The highest BCUT2D eigenvalue weighted by atomic mass is 32.1. The maximum Gasteiger partial charge on any atom is 0.254 e. The van der Waals surface area contributed by atoms with Crippen LogP contribution < -0.4 is 4.74 Å². The smallest absolute Gasteiger partial charge is 0.254 e. The summed E-state index contributed by atoms with van der Waals surface area (Å²) in [7, 11) is 0. The summed E-state index contributed by atoms with van der Waals surface area (Å²) in [5.74, 6) is 0.837. The van der Waals surface area contributed by atoms with Gasteiger partial charge in [0.05, 0.1) is 12.1 Å². The number of likely N-dealkylation sites (tertiary alicyclic amines) is 1. The van der Waals surface area contributed by atoms with Gasteiger partial charge in [-0.25, -0.2) is 0 Å². The van der Waals surface area contributed by atoms with Crippen molar-refractivity contribution >= 4 is 17.2 Å². The van der Waals surface area contributed by atoms with Crippen LogP contribution >= 0.6 is 11.3 Å². The van der Waals surface area contributed by atoms with E-state index in [1.807, 2.05) is 29.2 Å². The molecule has 2 fully saturated rings. The zero-order chi connectivity index (χ0) is 17.1. The summed E-state index contributed by atoms with van der Waals surface area (Å²) in [4.78, 5) is 15.0. The van der Waals surface area contributed by atoms with Crippen LogP contribution in [0.2, 0.25) is 0 Å². The van der Waals surface area contributed by atoms with Crippen LogP contribution in [0.4, 0.5) is 0 Å². The highest BCUT2D eigenvalue weighted by Gasteiger charge is 2.30. The van der Waals surface area contributed by atoms with Gasteiger partial charge >= 0.3 is 0 Å². The van der Waals surface area contributed by atoms with E-state index in [2.05, 4.69) is 16.8 Å². The molecule has 0 radical (unpaired) electrons. The molecular formula is C20H23NO3S. The van der Waals surface area contributed by atoms with E-state index < -0.39 is 0 Å². The Kier molecular flexibility index (Phi) is 5.04. The predicted octanol–water partition coefficient (Wildman–Crippen LogP) is 4.28. The van der Waals surface area contributed by atoms with Gasteiger partial charge in [0.2, 0.25) is 0 Å². The fourth-order valence-electron chi connectivity index (χ4n) is 3.67. The maximum atomic E-state index is 13.0. The minimum Gasteiger partial charge on any atom is -0.491 e. The predicted molar refractivity (Wildman–Crippen MR) is 98.2 cm³/mol. The number of rotatable bonds is 5. The Hall–Kier alpha value is -1.85. The Morgan fingerprint density at radius 2 is 2.24 bits per heavy atom. The second-order valence-electron chi connectivity index (χ2n) is 6.69. The number of nitrogens with zero attached hydrogens (tertiary/aromatic N) is 1. The lowest BCUT2D eigenvalue weighted by molar-refractivity contribution is 0.0676. The van der Waals surface area contributed by atoms with E-state index in [0.29, 0.717) is 12.2 Å². The molecule has 1 aromatic carbocycles. The topological polar surface area (TPSA) is 38.8 Å². The second kappa shape index (κ2) is 7.58. The number of ether oxygens (including phenoxy) is 2. The molecule has 0 aliphatic carbocycles. The highest BCUT2D eigenvalue weighted by molar-refractivity contribution is 7.08. The van der Waals surface area contributed by atoms with Crippen molar-refractivity contribution < 1.29 is 14.3 Å². The molecule has 132 valence electrons. The molecule has 0 saturated carbocycles. The van der Waals surface area contributed by atoms with Gasteiger partial charge in [-0.1, -0.05) is 6.07 Å².